The maximum absolute atomic E-state index is 13.4. The van der Waals surface area contributed by atoms with E-state index < -0.39 is 80.1 Å². The van der Waals surface area contributed by atoms with Crippen LogP contribution in [0, 0.1) is 0 Å². The van der Waals surface area contributed by atoms with Gasteiger partial charge in [0.2, 0.25) is 29.5 Å². The Balaban J connectivity index is 2.11. The number of carbonyl (C=O) groups is 6. The van der Waals surface area contributed by atoms with Crippen molar-refractivity contribution in [2.45, 2.75) is 89.5 Å². The highest BCUT2D eigenvalue weighted by molar-refractivity contribution is 7.46. The van der Waals surface area contributed by atoms with Crippen LogP contribution in [0.5, 0.6) is 5.75 Å². The molecule has 0 aliphatic carbocycles. The van der Waals surface area contributed by atoms with E-state index in [2.05, 4.69) is 41.1 Å². The molecular formula is C30H45N8O11P. The van der Waals surface area contributed by atoms with Crippen LogP contribution in [0.1, 0.15) is 57.7 Å². The van der Waals surface area contributed by atoms with Crippen LogP contribution in [0.2, 0.25) is 0 Å². The molecule has 50 heavy (non-hydrogen) atoms. The van der Waals surface area contributed by atoms with Gasteiger partial charge in [0, 0.05) is 24.7 Å². The van der Waals surface area contributed by atoms with Gasteiger partial charge in [-0.05, 0) is 37.5 Å². The second-order valence-electron chi connectivity index (χ2n) is 11.4. The van der Waals surface area contributed by atoms with Crippen molar-refractivity contribution in [2.24, 2.45) is 5.73 Å². The molecule has 19 nitrogen and oxygen atoms in total. The third-order valence-electron chi connectivity index (χ3n) is 7.25. The number of carbonyl (C=O) groups excluding carboxylic acids is 5. The molecule has 0 aliphatic heterocycles. The van der Waals surface area contributed by atoms with Gasteiger partial charge in [0.25, 0.3) is 0 Å². The zero-order valence-electron chi connectivity index (χ0n) is 27.9. The summed E-state index contributed by atoms with van der Waals surface area (Å²) >= 11 is 0. The number of phosphoric ester groups is 1. The summed E-state index contributed by atoms with van der Waals surface area (Å²) in [6.45, 7) is 4.28. The number of aromatic amines is 1. The van der Waals surface area contributed by atoms with Gasteiger partial charge in [-0.3, -0.25) is 33.8 Å². The summed E-state index contributed by atoms with van der Waals surface area (Å²) in [5.41, 5.74) is 6.92. The number of aliphatic carboxylic acids is 1. The largest absolute Gasteiger partial charge is 0.524 e. The molecule has 5 atom stereocenters. The van der Waals surface area contributed by atoms with E-state index in [9.17, 15) is 38.4 Å². The fourth-order valence-electron chi connectivity index (χ4n) is 4.51. The van der Waals surface area contributed by atoms with Crippen molar-refractivity contribution in [1.29, 1.82) is 0 Å². The maximum atomic E-state index is 13.4. The topological polar surface area (TPSA) is 304 Å². The number of nitrogens with one attached hydrogen (secondary N) is 6. The van der Waals surface area contributed by atoms with E-state index in [4.69, 9.17) is 15.5 Å². The molecule has 0 saturated carbocycles. The van der Waals surface area contributed by atoms with Gasteiger partial charge in [0.05, 0.1) is 18.9 Å². The zero-order chi connectivity index (χ0) is 37.4. The molecular weight excluding hydrogens is 679 g/mol. The summed E-state index contributed by atoms with van der Waals surface area (Å²) in [5.74, 6) is -5.06. The van der Waals surface area contributed by atoms with E-state index in [0.29, 0.717) is 17.7 Å². The Morgan fingerprint density at radius 1 is 0.900 bits per heavy atom. The number of benzene rings is 1. The van der Waals surface area contributed by atoms with Gasteiger partial charge < -0.3 is 46.9 Å². The van der Waals surface area contributed by atoms with Gasteiger partial charge in [-0.2, -0.15) is 0 Å². The van der Waals surface area contributed by atoms with Gasteiger partial charge >= 0.3 is 13.8 Å². The normalized spacial score (nSPS) is 14.2. The number of rotatable bonds is 21. The molecule has 0 fully saturated rings. The first-order chi connectivity index (χ1) is 23.5. The van der Waals surface area contributed by atoms with E-state index in [-0.39, 0.29) is 31.4 Å². The second kappa shape index (κ2) is 20.0. The summed E-state index contributed by atoms with van der Waals surface area (Å²) in [4.78, 5) is 101. The van der Waals surface area contributed by atoms with Crippen molar-refractivity contribution in [2.75, 3.05) is 6.54 Å². The summed E-state index contributed by atoms with van der Waals surface area (Å²) in [5, 5.41) is 21.7. The van der Waals surface area contributed by atoms with Crippen molar-refractivity contribution in [3.05, 3.63) is 48.0 Å². The number of imidazole rings is 1. The van der Waals surface area contributed by atoms with Crippen LogP contribution in [-0.4, -0.2) is 97.1 Å². The van der Waals surface area contributed by atoms with Crippen molar-refractivity contribution in [3.63, 3.8) is 0 Å². The average molecular weight is 725 g/mol. The Morgan fingerprint density at radius 3 is 2.10 bits per heavy atom. The molecule has 20 heteroatoms. The summed E-state index contributed by atoms with van der Waals surface area (Å²) in [7, 11) is -4.82. The first-order valence-electron chi connectivity index (χ1n) is 15.8. The first kappa shape index (κ1) is 41.3. The predicted octanol–water partition coefficient (Wildman–Crippen LogP) is -1.25. The number of hydrogen-bond acceptors (Lipinski definition) is 10. The summed E-state index contributed by atoms with van der Waals surface area (Å²) < 4.78 is 15.7. The monoisotopic (exact) mass is 724 g/mol. The predicted molar refractivity (Wildman–Crippen MR) is 177 cm³/mol. The molecule has 276 valence electrons. The SMILES string of the molecule is CCCC[C@H](NC(=O)[C@H](CC)NC(=O)[C@H](C)NC(=O)[C@H](Cc1ccc(OP(=O)(O)O)cc1)NC(=O)CNC(=O)[C@@H](N)Cc1cnc[nH]1)C(=O)O. The van der Waals surface area contributed by atoms with E-state index in [1.165, 1.54) is 43.7 Å². The second-order valence-corrected chi connectivity index (χ2v) is 12.6. The van der Waals surface area contributed by atoms with Crippen molar-refractivity contribution in [3.8, 4) is 5.75 Å². The Kier molecular flexibility index (Phi) is 16.5. The molecule has 0 saturated heterocycles. The molecule has 1 aromatic heterocycles. The van der Waals surface area contributed by atoms with Crippen LogP contribution >= 0.6 is 7.82 Å². The minimum atomic E-state index is -4.82. The van der Waals surface area contributed by atoms with Crippen LogP contribution < -0.4 is 36.8 Å². The molecule has 2 rings (SSSR count). The highest BCUT2D eigenvalue weighted by atomic mass is 31.2. The fraction of sp³-hybridized carbons (Fsp3) is 0.500. The van der Waals surface area contributed by atoms with Crippen LogP contribution in [0.4, 0.5) is 0 Å². The Bertz CT molecular complexity index is 1500. The summed E-state index contributed by atoms with van der Waals surface area (Å²) in [6, 6.07) is -0.484. The zero-order valence-corrected chi connectivity index (χ0v) is 28.8. The van der Waals surface area contributed by atoms with Crippen molar-refractivity contribution >= 4 is 43.3 Å². The number of amides is 5. The number of carboxylic acids is 1. The number of hydrogen-bond donors (Lipinski definition) is 10. The number of carboxylic acid groups (broad SMARTS) is 1. The smallest absolute Gasteiger partial charge is 0.480 e. The maximum Gasteiger partial charge on any atom is 0.524 e. The van der Waals surface area contributed by atoms with E-state index >= 15 is 0 Å². The lowest BCUT2D eigenvalue weighted by Crippen LogP contribution is -2.57. The minimum Gasteiger partial charge on any atom is -0.480 e. The van der Waals surface area contributed by atoms with Gasteiger partial charge in [-0.15, -0.1) is 0 Å². The molecule has 5 amide bonds. The van der Waals surface area contributed by atoms with Crippen LogP contribution in [-0.2, 0) is 46.2 Å². The van der Waals surface area contributed by atoms with Crippen molar-refractivity contribution < 1.29 is 52.7 Å². The third kappa shape index (κ3) is 14.7. The molecule has 0 spiro atoms. The van der Waals surface area contributed by atoms with Crippen LogP contribution in [0.3, 0.4) is 0 Å². The third-order valence-corrected chi connectivity index (χ3v) is 7.70. The molecule has 0 bridgehead atoms. The number of nitrogens with two attached hydrogens (primary N) is 1. The van der Waals surface area contributed by atoms with E-state index in [0.717, 1.165) is 6.42 Å². The molecule has 0 unspecified atom stereocenters. The fourth-order valence-corrected chi connectivity index (χ4v) is 4.90. The first-order valence-corrected chi connectivity index (χ1v) is 17.3. The molecule has 0 radical (unpaired) electrons. The van der Waals surface area contributed by atoms with Gasteiger partial charge in [-0.25, -0.2) is 14.3 Å². The lowest BCUT2D eigenvalue weighted by molar-refractivity contribution is -0.142. The van der Waals surface area contributed by atoms with Gasteiger partial charge in [0.1, 0.15) is 29.9 Å². The van der Waals surface area contributed by atoms with Crippen molar-refractivity contribution in [1.82, 2.24) is 36.6 Å². The molecule has 2 aromatic rings. The van der Waals surface area contributed by atoms with E-state index in [1.807, 2.05) is 6.92 Å². The molecule has 0 aliphatic rings. The Labute approximate surface area is 288 Å². The number of aromatic nitrogens is 2. The van der Waals surface area contributed by atoms with Gasteiger partial charge in [-0.1, -0.05) is 38.8 Å². The highest BCUT2D eigenvalue weighted by Crippen LogP contribution is 2.37. The average Bonchev–Trinajstić information content (AvgIpc) is 3.56. The van der Waals surface area contributed by atoms with Crippen LogP contribution in [0.25, 0.3) is 0 Å². The highest BCUT2D eigenvalue weighted by Gasteiger charge is 2.29. The molecule has 1 heterocycles. The van der Waals surface area contributed by atoms with Crippen LogP contribution in [0.15, 0.2) is 36.8 Å². The number of phosphoric acid groups is 1. The molecule has 1 aromatic carbocycles. The summed E-state index contributed by atoms with van der Waals surface area (Å²) in [6.07, 6.45) is 4.50. The standard InChI is InChI=1S/C30H45N8O11P/c1-4-6-7-23(30(44)45)38-28(42)22(5-2)37-26(40)17(3)35-29(43)24(12-18-8-10-20(11-9-18)49-50(46,47)48)36-25(39)15-33-27(41)21(31)13-19-14-32-16-34-19/h8-11,14,16-17,21-24H,4-7,12-13,15,31H2,1-3H3,(H,32,34)(H,33,41)(H,35,43)(H,36,39)(H,37,40)(H,38,42)(H,44,45)(H2,46,47,48)/t17-,21-,22-,23-,24-/m0/s1. The minimum absolute atomic E-state index is 0.121. The number of H-pyrrole nitrogens is 1. The van der Waals surface area contributed by atoms with E-state index in [1.54, 1.807) is 6.92 Å². The Hall–Kier alpha value is -4.84. The quantitative estimate of drug-likeness (QED) is 0.0675. The lowest BCUT2D eigenvalue weighted by Gasteiger charge is -2.24. The number of nitrogens with zero attached hydrogens (tertiary/aromatic N) is 1. The Morgan fingerprint density at radius 2 is 1.54 bits per heavy atom. The lowest BCUT2D eigenvalue weighted by atomic mass is 10.0. The van der Waals surface area contributed by atoms with Gasteiger partial charge in [0.15, 0.2) is 0 Å². The molecule has 11 N–H and O–H groups in total. The number of unbranched alkanes of at least 4 members (excludes halogenated alkanes) is 1.